The largest absolute Gasteiger partial charge is 0.388 e. The van der Waals surface area contributed by atoms with Gasteiger partial charge < -0.3 is 20.3 Å². The predicted molar refractivity (Wildman–Crippen MR) is 125 cm³/mol. The maximum absolute atomic E-state index is 10.9. The fourth-order valence-corrected chi connectivity index (χ4v) is 3.81. The number of rotatable bonds is 9. The zero-order valence-corrected chi connectivity index (χ0v) is 20.3. The number of nitrogens with one attached hydrogen (secondary N) is 2. The molecule has 0 spiro atoms. The van der Waals surface area contributed by atoms with Crippen molar-refractivity contribution in [2.24, 2.45) is 12.0 Å². The Morgan fingerprint density at radius 3 is 2.36 bits per heavy atom. The van der Waals surface area contributed by atoms with Gasteiger partial charge in [-0.05, 0) is 32.6 Å². The molecule has 0 saturated heterocycles. The third-order valence-corrected chi connectivity index (χ3v) is 5.52. The van der Waals surface area contributed by atoms with Crippen molar-refractivity contribution in [3.63, 3.8) is 0 Å². The van der Waals surface area contributed by atoms with Gasteiger partial charge in [-0.25, -0.2) is 4.99 Å². The second-order valence-electron chi connectivity index (χ2n) is 7.94. The van der Waals surface area contributed by atoms with Crippen LogP contribution in [-0.2, 0) is 13.6 Å². The molecular weight excluding hydrogens is 467 g/mol. The Kier molecular flexibility index (Phi) is 11.3. The van der Waals surface area contributed by atoms with E-state index in [4.69, 9.17) is 4.99 Å². The van der Waals surface area contributed by atoms with E-state index in [1.807, 2.05) is 18.5 Å². The van der Waals surface area contributed by atoms with Crippen LogP contribution in [0, 0.1) is 6.92 Å². The molecule has 8 heteroatoms. The molecule has 0 aliphatic heterocycles. The van der Waals surface area contributed by atoms with Crippen LogP contribution in [-0.4, -0.2) is 44.0 Å². The molecule has 3 N–H and O–H groups in total. The van der Waals surface area contributed by atoms with Crippen LogP contribution in [0.2, 0.25) is 0 Å². The minimum Gasteiger partial charge on any atom is -0.388 e. The molecule has 7 nitrogen and oxygen atoms in total. The number of aryl methyl sites for hydroxylation is 1. The standard InChI is InChI=1S/C20H38N6O.HI/c1-5-12-20(27,13-6-2)15-22-19(23-17-10-8-7-9-11-17)21-14-18-25-24-16(3)26(18)4;/h17,27H,5-15H2,1-4H3,(H2,21,22,23);1H. The van der Waals surface area contributed by atoms with Gasteiger partial charge in [0.25, 0.3) is 0 Å². The molecule has 0 unspecified atom stereocenters. The molecule has 1 heterocycles. The first-order valence-corrected chi connectivity index (χ1v) is 10.6. The third-order valence-electron chi connectivity index (χ3n) is 5.52. The molecule has 1 fully saturated rings. The lowest BCUT2D eigenvalue weighted by atomic mass is 9.92. The highest BCUT2D eigenvalue weighted by Crippen LogP contribution is 2.19. The minimum absolute atomic E-state index is 0. The molecule has 162 valence electrons. The molecule has 1 aliphatic carbocycles. The van der Waals surface area contributed by atoms with Crippen LogP contribution in [0.4, 0.5) is 0 Å². The SMILES string of the molecule is CCCC(O)(CCC)CNC(=NCc1nnc(C)n1C)NC1CCCCC1.I. The summed E-state index contributed by atoms with van der Waals surface area (Å²) in [6, 6.07) is 0.455. The van der Waals surface area contributed by atoms with E-state index in [2.05, 4.69) is 34.7 Å². The van der Waals surface area contributed by atoms with Crippen LogP contribution in [0.5, 0.6) is 0 Å². The molecule has 28 heavy (non-hydrogen) atoms. The number of hydrogen-bond donors (Lipinski definition) is 3. The Labute approximate surface area is 187 Å². The highest BCUT2D eigenvalue weighted by molar-refractivity contribution is 14.0. The van der Waals surface area contributed by atoms with E-state index in [0.717, 1.165) is 43.3 Å². The van der Waals surface area contributed by atoms with Gasteiger partial charge in [0.05, 0.1) is 5.60 Å². The Morgan fingerprint density at radius 1 is 1.18 bits per heavy atom. The lowest BCUT2D eigenvalue weighted by Crippen LogP contribution is -2.50. The molecule has 1 aromatic rings. The summed E-state index contributed by atoms with van der Waals surface area (Å²) >= 11 is 0. The van der Waals surface area contributed by atoms with Gasteiger partial charge in [-0.15, -0.1) is 34.2 Å². The van der Waals surface area contributed by atoms with E-state index in [-0.39, 0.29) is 24.0 Å². The van der Waals surface area contributed by atoms with E-state index in [9.17, 15) is 5.11 Å². The number of aliphatic hydroxyl groups is 1. The zero-order chi connectivity index (χ0) is 19.7. The van der Waals surface area contributed by atoms with Crippen molar-refractivity contribution in [2.45, 2.75) is 96.7 Å². The van der Waals surface area contributed by atoms with Crippen molar-refractivity contribution in [3.8, 4) is 0 Å². The van der Waals surface area contributed by atoms with E-state index in [1.54, 1.807) is 0 Å². The van der Waals surface area contributed by atoms with Crippen molar-refractivity contribution in [2.75, 3.05) is 6.54 Å². The molecule has 2 rings (SSSR count). The van der Waals surface area contributed by atoms with Crippen molar-refractivity contribution in [1.29, 1.82) is 0 Å². The molecule has 0 amide bonds. The van der Waals surface area contributed by atoms with Crippen molar-refractivity contribution >= 4 is 29.9 Å². The van der Waals surface area contributed by atoms with E-state index < -0.39 is 5.60 Å². The van der Waals surface area contributed by atoms with Gasteiger partial charge in [-0.3, -0.25) is 0 Å². The summed E-state index contributed by atoms with van der Waals surface area (Å²) in [6.45, 7) is 7.17. The molecule has 0 aromatic carbocycles. The van der Waals surface area contributed by atoms with Crippen LogP contribution >= 0.6 is 24.0 Å². The van der Waals surface area contributed by atoms with Gasteiger partial charge in [0, 0.05) is 19.6 Å². The smallest absolute Gasteiger partial charge is 0.192 e. The molecule has 1 aliphatic rings. The fourth-order valence-electron chi connectivity index (χ4n) is 3.81. The van der Waals surface area contributed by atoms with Crippen molar-refractivity contribution in [3.05, 3.63) is 11.6 Å². The summed E-state index contributed by atoms with van der Waals surface area (Å²) in [5.41, 5.74) is -0.681. The molecule has 0 bridgehead atoms. The van der Waals surface area contributed by atoms with Gasteiger partial charge >= 0.3 is 0 Å². The number of guanidine groups is 1. The predicted octanol–water partition coefficient (Wildman–Crippen LogP) is 3.44. The lowest BCUT2D eigenvalue weighted by molar-refractivity contribution is 0.0256. The first kappa shape index (κ1) is 25.1. The summed E-state index contributed by atoms with van der Waals surface area (Å²) < 4.78 is 1.96. The average Bonchev–Trinajstić information content (AvgIpc) is 2.97. The van der Waals surface area contributed by atoms with Crippen LogP contribution in [0.25, 0.3) is 0 Å². The third kappa shape index (κ3) is 7.85. The number of aliphatic imine (C=N–C) groups is 1. The Balaban J connectivity index is 0.00000392. The van der Waals surface area contributed by atoms with E-state index >= 15 is 0 Å². The summed E-state index contributed by atoms with van der Waals surface area (Å²) in [6.07, 6.45) is 9.75. The molecular formula is C20H39IN6O. The van der Waals surface area contributed by atoms with Gasteiger partial charge in [-0.1, -0.05) is 46.0 Å². The summed E-state index contributed by atoms with van der Waals surface area (Å²) in [4.78, 5) is 4.75. The minimum atomic E-state index is -0.681. The van der Waals surface area contributed by atoms with Crippen LogP contribution in [0.3, 0.4) is 0 Å². The molecule has 1 aromatic heterocycles. The van der Waals surface area contributed by atoms with Gasteiger partial charge in [-0.2, -0.15) is 0 Å². The number of hydrogen-bond acceptors (Lipinski definition) is 4. The molecule has 0 radical (unpaired) electrons. The highest BCUT2D eigenvalue weighted by atomic mass is 127. The Hall–Kier alpha value is -0.900. The molecule has 1 saturated carbocycles. The van der Waals surface area contributed by atoms with Gasteiger partial charge in [0.15, 0.2) is 11.8 Å². The second-order valence-corrected chi connectivity index (χ2v) is 7.94. The molecule has 0 atom stereocenters. The maximum atomic E-state index is 10.9. The second kappa shape index (κ2) is 12.6. The number of aromatic nitrogens is 3. The number of nitrogens with zero attached hydrogens (tertiary/aromatic N) is 4. The maximum Gasteiger partial charge on any atom is 0.192 e. The fraction of sp³-hybridized carbons (Fsp3) is 0.850. The summed E-state index contributed by atoms with van der Waals surface area (Å²) in [7, 11) is 1.96. The average molecular weight is 506 g/mol. The monoisotopic (exact) mass is 506 g/mol. The van der Waals surface area contributed by atoms with Gasteiger partial charge in [0.2, 0.25) is 0 Å². The van der Waals surface area contributed by atoms with Crippen LogP contribution in [0.1, 0.15) is 83.3 Å². The van der Waals surface area contributed by atoms with E-state index in [1.165, 1.54) is 32.1 Å². The Morgan fingerprint density at radius 2 is 1.82 bits per heavy atom. The van der Waals surface area contributed by atoms with E-state index in [0.29, 0.717) is 19.1 Å². The summed E-state index contributed by atoms with van der Waals surface area (Å²) in [5, 5.41) is 26.2. The first-order chi connectivity index (χ1) is 13.0. The summed E-state index contributed by atoms with van der Waals surface area (Å²) in [5.74, 6) is 2.50. The quantitative estimate of drug-likeness (QED) is 0.271. The van der Waals surface area contributed by atoms with Crippen molar-refractivity contribution < 1.29 is 5.11 Å². The topological polar surface area (TPSA) is 87.4 Å². The normalized spacial score (nSPS) is 16.0. The lowest BCUT2D eigenvalue weighted by Gasteiger charge is -2.30. The number of halogens is 1. The van der Waals surface area contributed by atoms with Gasteiger partial charge in [0.1, 0.15) is 12.4 Å². The Bertz CT molecular complexity index is 592. The first-order valence-electron chi connectivity index (χ1n) is 10.6. The van der Waals surface area contributed by atoms with Crippen LogP contribution < -0.4 is 10.6 Å². The van der Waals surface area contributed by atoms with Crippen LogP contribution in [0.15, 0.2) is 4.99 Å². The van der Waals surface area contributed by atoms with Crippen molar-refractivity contribution in [1.82, 2.24) is 25.4 Å². The highest BCUT2D eigenvalue weighted by Gasteiger charge is 2.25. The zero-order valence-electron chi connectivity index (χ0n) is 18.0.